The molecule has 1 atom stereocenters. The van der Waals surface area contributed by atoms with Crippen molar-refractivity contribution in [2.45, 2.75) is 25.5 Å². The molecule has 1 aliphatic rings. The van der Waals surface area contributed by atoms with Gasteiger partial charge in [-0.25, -0.2) is 4.98 Å². The van der Waals surface area contributed by atoms with Crippen LogP contribution in [0.3, 0.4) is 0 Å². The predicted molar refractivity (Wildman–Crippen MR) is 70.3 cm³/mol. The van der Waals surface area contributed by atoms with Crippen LogP contribution in [-0.2, 0) is 11.3 Å². The largest absolute Gasteiger partial charge is 0.481 e. The number of ether oxygens (including phenoxy) is 2. The van der Waals surface area contributed by atoms with Gasteiger partial charge in [-0.15, -0.1) is 5.10 Å². The Morgan fingerprint density at radius 3 is 3.15 bits per heavy atom. The molecule has 7 heteroatoms. The summed E-state index contributed by atoms with van der Waals surface area (Å²) in [5.41, 5.74) is 0.834. The quantitative estimate of drug-likeness (QED) is 0.893. The first-order valence-electron chi connectivity index (χ1n) is 6.54. The van der Waals surface area contributed by atoms with Crippen molar-refractivity contribution in [1.82, 2.24) is 15.2 Å². The van der Waals surface area contributed by atoms with E-state index >= 15 is 0 Å². The topological polar surface area (TPSA) is 82.3 Å². The Labute approximate surface area is 116 Å². The molecule has 0 aromatic carbocycles. The van der Waals surface area contributed by atoms with Gasteiger partial charge in [0.15, 0.2) is 0 Å². The minimum absolute atomic E-state index is 0.0620. The standard InChI is InChI=1S/C13H16N4O3/c1-18-11-6-2-4-9(15-11)8-14-13-17-16-12(20-13)10-5-3-7-19-10/h2,4,6,10H,3,5,7-8H2,1H3,(H,14,17)/t10-/m0/s1. The maximum atomic E-state index is 5.53. The molecule has 2 aromatic heterocycles. The van der Waals surface area contributed by atoms with Crippen LogP contribution in [0.15, 0.2) is 22.6 Å². The van der Waals surface area contributed by atoms with Gasteiger partial charge in [0.2, 0.25) is 11.8 Å². The molecule has 0 saturated carbocycles. The third kappa shape index (κ3) is 2.88. The SMILES string of the molecule is COc1cccc(CNc2nnc([C@@H]3CCCO3)o2)n1. The van der Waals surface area contributed by atoms with Gasteiger partial charge in [0.1, 0.15) is 6.10 Å². The number of nitrogens with one attached hydrogen (secondary N) is 1. The fraction of sp³-hybridized carbons (Fsp3) is 0.462. The molecule has 7 nitrogen and oxygen atoms in total. The molecule has 1 saturated heterocycles. The number of anilines is 1. The monoisotopic (exact) mass is 276 g/mol. The molecule has 0 aliphatic carbocycles. The summed E-state index contributed by atoms with van der Waals surface area (Å²) in [5, 5.41) is 11.0. The molecule has 20 heavy (non-hydrogen) atoms. The fourth-order valence-electron chi connectivity index (χ4n) is 2.04. The lowest BCUT2D eigenvalue weighted by molar-refractivity contribution is 0.0897. The van der Waals surface area contributed by atoms with Crippen LogP contribution in [0.4, 0.5) is 6.01 Å². The second-order valence-corrected chi connectivity index (χ2v) is 4.47. The first-order chi connectivity index (χ1) is 9.85. The molecule has 1 N–H and O–H groups in total. The summed E-state index contributed by atoms with van der Waals surface area (Å²) in [6, 6.07) is 5.95. The van der Waals surface area contributed by atoms with Gasteiger partial charge >= 0.3 is 6.01 Å². The number of hydrogen-bond donors (Lipinski definition) is 1. The van der Waals surface area contributed by atoms with Crippen LogP contribution in [0.25, 0.3) is 0 Å². The summed E-state index contributed by atoms with van der Waals surface area (Å²) < 4.78 is 16.1. The van der Waals surface area contributed by atoms with Crippen molar-refractivity contribution in [2.75, 3.05) is 19.0 Å². The third-order valence-corrected chi connectivity index (χ3v) is 3.06. The second-order valence-electron chi connectivity index (χ2n) is 4.47. The summed E-state index contributed by atoms with van der Waals surface area (Å²) in [6.07, 6.45) is 1.90. The molecule has 0 amide bonds. The molecule has 3 rings (SSSR count). The maximum Gasteiger partial charge on any atom is 0.315 e. The van der Waals surface area contributed by atoms with Crippen LogP contribution in [0.1, 0.15) is 30.5 Å². The maximum absolute atomic E-state index is 5.53. The molecule has 0 bridgehead atoms. The van der Waals surface area contributed by atoms with Crippen LogP contribution < -0.4 is 10.1 Å². The number of aromatic nitrogens is 3. The Bertz CT molecular complexity index is 566. The van der Waals surface area contributed by atoms with Gasteiger partial charge < -0.3 is 19.2 Å². The Morgan fingerprint density at radius 2 is 2.35 bits per heavy atom. The molecular weight excluding hydrogens is 260 g/mol. The Morgan fingerprint density at radius 1 is 1.40 bits per heavy atom. The third-order valence-electron chi connectivity index (χ3n) is 3.06. The lowest BCUT2D eigenvalue weighted by atomic mass is 10.2. The van der Waals surface area contributed by atoms with Gasteiger partial charge in [0.05, 0.1) is 19.3 Å². The number of nitrogens with zero attached hydrogens (tertiary/aromatic N) is 3. The number of rotatable bonds is 5. The van der Waals surface area contributed by atoms with Crippen LogP contribution in [0.5, 0.6) is 5.88 Å². The van der Waals surface area contributed by atoms with Crippen molar-refractivity contribution >= 4 is 6.01 Å². The van der Waals surface area contributed by atoms with Crippen LogP contribution in [-0.4, -0.2) is 28.9 Å². The minimum atomic E-state index is -0.0620. The molecule has 1 fully saturated rings. The zero-order chi connectivity index (χ0) is 13.8. The summed E-state index contributed by atoms with van der Waals surface area (Å²) in [4.78, 5) is 4.29. The first kappa shape index (κ1) is 12.9. The van der Waals surface area contributed by atoms with E-state index in [-0.39, 0.29) is 6.10 Å². The van der Waals surface area contributed by atoms with Crippen molar-refractivity contribution < 1.29 is 13.9 Å². The van der Waals surface area contributed by atoms with Gasteiger partial charge in [-0.05, 0) is 18.9 Å². The lowest BCUT2D eigenvalue weighted by Gasteiger charge is -2.04. The van der Waals surface area contributed by atoms with Crippen molar-refractivity contribution in [3.63, 3.8) is 0 Å². The lowest BCUT2D eigenvalue weighted by Crippen LogP contribution is -2.02. The number of methoxy groups -OCH3 is 1. The van der Waals surface area contributed by atoms with Crippen molar-refractivity contribution in [1.29, 1.82) is 0 Å². The van der Waals surface area contributed by atoms with Crippen molar-refractivity contribution in [3.05, 3.63) is 29.8 Å². The van der Waals surface area contributed by atoms with Gasteiger partial charge in [-0.2, -0.15) is 0 Å². The van der Waals surface area contributed by atoms with Crippen LogP contribution in [0.2, 0.25) is 0 Å². The molecule has 1 aliphatic heterocycles. The highest BCUT2D eigenvalue weighted by Gasteiger charge is 2.23. The van der Waals surface area contributed by atoms with E-state index in [1.54, 1.807) is 13.2 Å². The van der Waals surface area contributed by atoms with E-state index in [0.29, 0.717) is 24.3 Å². The Kier molecular flexibility index (Phi) is 3.78. The summed E-state index contributed by atoms with van der Waals surface area (Å²) >= 11 is 0. The van der Waals surface area contributed by atoms with E-state index < -0.39 is 0 Å². The average molecular weight is 276 g/mol. The second kappa shape index (κ2) is 5.87. The summed E-state index contributed by atoms with van der Waals surface area (Å²) in [5.74, 6) is 1.11. The molecule has 106 valence electrons. The van der Waals surface area contributed by atoms with E-state index in [2.05, 4.69) is 20.5 Å². The zero-order valence-electron chi connectivity index (χ0n) is 11.2. The van der Waals surface area contributed by atoms with E-state index in [4.69, 9.17) is 13.9 Å². The van der Waals surface area contributed by atoms with Gasteiger partial charge in [-0.3, -0.25) is 0 Å². The molecule has 2 aromatic rings. The van der Waals surface area contributed by atoms with Gasteiger partial charge in [0, 0.05) is 12.7 Å². The predicted octanol–water partition coefficient (Wildman–Crippen LogP) is 1.94. The molecule has 0 unspecified atom stereocenters. The molecule has 0 radical (unpaired) electrons. The number of hydrogen-bond acceptors (Lipinski definition) is 7. The zero-order valence-corrected chi connectivity index (χ0v) is 11.2. The van der Waals surface area contributed by atoms with Crippen LogP contribution in [0, 0.1) is 0 Å². The van der Waals surface area contributed by atoms with Crippen molar-refractivity contribution in [2.24, 2.45) is 0 Å². The average Bonchev–Trinajstić information content (AvgIpc) is 3.16. The highest BCUT2D eigenvalue weighted by molar-refractivity contribution is 5.22. The normalized spacial score (nSPS) is 18.1. The molecular formula is C13H16N4O3. The number of pyridine rings is 1. The highest BCUT2D eigenvalue weighted by Crippen LogP contribution is 2.28. The van der Waals surface area contributed by atoms with Crippen molar-refractivity contribution in [3.8, 4) is 5.88 Å². The van der Waals surface area contributed by atoms with Crippen LogP contribution >= 0.6 is 0 Å². The van der Waals surface area contributed by atoms with E-state index in [1.807, 2.05) is 12.1 Å². The smallest absolute Gasteiger partial charge is 0.315 e. The highest BCUT2D eigenvalue weighted by atomic mass is 16.5. The Balaban J connectivity index is 1.60. The van der Waals surface area contributed by atoms with E-state index in [9.17, 15) is 0 Å². The molecule has 3 heterocycles. The molecule has 0 spiro atoms. The summed E-state index contributed by atoms with van der Waals surface area (Å²) in [6.45, 7) is 1.24. The summed E-state index contributed by atoms with van der Waals surface area (Å²) in [7, 11) is 1.59. The van der Waals surface area contributed by atoms with Gasteiger partial charge in [-0.1, -0.05) is 11.2 Å². The minimum Gasteiger partial charge on any atom is -0.481 e. The van der Waals surface area contributed by atoms with E-state index in [1.165, 1.54) is 0 Å². The first-order valence-corrected chi connectivity index (χ1v) is 6.54. The van der Waals surface area contributed by atoms with Gasteiger partial charge in [0.25, 0.3) is 0 Å². The Hall–Kier alpha value is -2.15. The fourth-order valence-corrected chi connectivity index (χ4v) is 2.04. The van der Waals surface area contributed by atoms with E-state index in [0.717, 1.165) is 25.1 Å².